The van der Waals surface area contributed by atoms with Gasteiger partial charge in [0.05, 0.1) is 0 Å². The molecule has 1 heteroatoms. The fraction of sp³-hybridized carbons (Fsp3) is 0.875. The van der Waals surface area contributed by atoms with Crippen LogP contribution in [0.2, 0.25) is 0 Å². The van der Waals surface area contributed by atoms with Crippen LogP contribution in [0.1, 0.15) is 72.1 Å². The third-order valence-electron chi connectivity index (χ3n) is 3.84. The summed E-state index contributed by atoms with van der Waals surface area (Å²) in [6.07, 6.45) is 15.6. The van der Waals surface area contributed by atoms with Crippen molar-refractivity contribution in [1.82, 2.24) is 5.32 Å². The predicted octanol–water partition coefficient (Wildman–Crippen LogP) is 4.68. The summed E-state index contributed by atoms with van der Waals surface area (Å²) in [5, 5.41) is 3.72. The van der Waals surface area contributed by atoms with Gasteiger partial charge in [-0.2, -0.15) is 0 Å². The Kier molecular flexibility index (Phi) is 7.59. The quantitative estimate of drug-likeness (QED) is 0.477. The average molecular weight is 237 g/mol. The highest BCUT2D eigenvalue weighted by Gasteiger charge is 2.21. The highest BCUT2D eigenvalue weighted by Crippen LogP contribution is 2.24. The first-order chi connectivity index (χ1) is 8.22. The van der Waals surface area contributed by atoms with E-state index in [0.29, 0.717) is 6.04 Å². The smallest absolute Gasteiger partial charge is 0.0224 e. The molecule has 1 N–H and O–H groups in total. The van der Waals surface area contributed by atoms with Crippen LogP contribution in [0.4, 0.5) is 0 Å². The monoisotopic (exact) mass is 237 g/mol. The Morgan fingerprint density at radius 1 is 1.24 bits per heavy atom. The van der Waals surface area contributed by atoms with E-state index in [1.807, 2.05) is 0 Å². The Balaban J connectivity index is 2.03. The molecule has 0 aromatic rings. The van der Waals surface area contributed by atoms with Crippen molar-refractivity contribution in [2.75, 3.05) is 0 Å². The molecule has 3 atom stereocenters. The van der Waals surface area contributed by atoms with Crippen molar-refractivity contribution in [1.29, 1.82) is 0 Å². The Hall–Kier alpha value is -0.300. The van der Waals surface area contributed by atoms with Gasteiger partial charge in [-0.05, 0) is 44.9 Å². The molecule has 1 nitrogen and oxygen atoms in total. The molecular weight excluding hydrogens is 206 g/mol. The van der Waals surface area contributed by atoms with Gasteiger partial charge in [0.15, 0.2) is 0 Å². The summed E-state index contributed by atoms with van der Waals surface area (Å²) in [4.78, 5) is 0. The SMILES string of the molecule is CCCCCC/C=C/C(C)N[C@@H]1CC[C@H](C)C1. The van der Waals surface area contributed by atoms with Crippen LogP contribution in [0.25, 0.3) is 0 Å². The van der Waals surface area contributed by atoms with Crippen molar-refractivity contribution < 1.29 is 0 Å². The van der Waals surface area contributed by atoms with Gasteiger partial charge in [-0.3, -0.25) is 0 Å². The number of allylic oxidation sites excluding steroid dienone is 1. The van der Waals surface area contributed by atoms with Crippen molar-refractivity contribution in [3.63, 3.8) is 0 Å². The van der Waals surface area contributed by atoms with Crippen molar-refractivity contribution >= 4 is 0 Å². The Morgan fingerprint density at radius 2 is 2.06 bits per heavy atom. The van der Waals surface area contributed by atoms with E-state index in [4.69, 9.17) is 0 Å². The summed E-state index contributed by atoms with van der Waals surface area (Å²) >= 11 is 0. The van der Waals surface area contributed by atoms with Gasteiger partial charge >= 0.3 is 0 Å². The second-order valence-electron chi connectivity index (χ2n) is 5.85. The first kappa shape index (κ1) is 14.8. The molecule has 0 aliphatic heterocycles. The number of rotatable bonds is 8. The van der Waals surface area contributed by atoms with Crippen LogP contribution < -0.4 is 5.32 Å². The van der Waals surface area contributed by atoms with Crippen molar-refractivity contribution in [2.24, 2.45) is 5.92 Å². The zero-order valence-corrected chi connectivity index (χ0v) is 12.0. The first-order valence-corrected chi connectivity index (χ1v) is 7.65. The lowest BCUT2D eigenvalue weighted by Gasteiger charge is -2.16. The van der Waals surface area contributed by atoms with Gasteiger partial charge in [0.1, 0.15) is 0 Å². The lowest BCUT2D eigenvalue weighted by molar-refractivity contribution is 0.478. The van der Waals surface area contributed by atoms with E-state index in [2.05, 4.69) is 38.2 Å². The molecule has 1 saturated carbocycles. The van der Waals surface area contributed by atoms with E-state index in [1.54, 1.807) is 0 Å². The minimum Gasteiger partial charge on any atom is -0.308 e. The highest BCUT2D eigenvalue weighted by molar-refractivity contribution is 4.93. The molecule has 0 amide bonds. The van der Waals surface area contributed by atoms with Gasteiger partial charge in [-0.15, -0.1) is 0 Å². The molecule has 1 aliphatic carbocycles. The molecule has 0 saturated heterocycles. The molecular formula is C16H31N. The number of hydrogen-bond donors (Lipinski definition) is 1. The fourth-order valence-corrected chi connectivity index (χ4v) is 2.78. The lowest BCUT2D eigenvalue weighted by Crippen LogP contribution is -2.33. The summed E-state index contributed by atoms with van der Waals surface area (Å²) in [6.45, 7) is 6.92. The molecule has 0 spiro atoms. The fourth-order valence-electron chi connectivity index (χ4n) is 2.78. The van der Waals surface area contributed by atoms with Crippen molar-refractivity contribution in [3.05, 3.63) is 12.2 Å². The minimum atomic E-state index is 0.552. The maximum Gasteiger partial charge on any atom is 0.0224 e. The van der Waals surface area contributed by atoms with Gasteiger partial charge in [-0.1, -0.05) is 45.3 Å². The van der Waals surface area contributed by atoms with Crippen LogP contribution in [0.5, 0.6) is 0 Å². The molecule has 0 heterocycles. The van der Waals surface area contributed by atoms with Crippen LogP contribution in [-0.4, -0.2) is 12.1 Å². The van der Waals surface area contributed by atoms with Gasteiger partial charge in [-0.25, -0.2) is 0 Å². The summed E-state index contributed by atoms with van der Waals surface area (Å²) in [6, 6.07) is 1.32. The zero-order chi connectivity index (χ0) is 12.5. The van der Waals surface area contributed by atoms with Crippen LogP contribution >= 0.6 is 0 Å². The molecule has 0 radical (unpaired) electrons. The first-order valence-electron chi connectivity index (χ1n) is 7.65. The summed E-state index contributed by atoms with van der Waals surface area (Å²) in [5.41, 5.74) is 0. The van der Waals surface area contributed by atoms with E-state index >= 15 is 0 Å². The number of unbranched alkanes of at least 4 members (excludes halogenated alkanes) is 4. The molecule has 1 aliphatic rings. The molecule has 0 bridgehead atoms. The van der Waals surface area contributed by atoms with E-state index < -0.39 is 0 Å². The van der Waals surface area contributed by atoms with E-state index in [-0.39, 0.29) is 0 Å². The highest BCUT2D eigenvalue weighted by atomic mass is 14.9. The molecule has 100 valence electrons. The largest absolute Gasteiger partial charge is 0.308 e. The molecule has 17 heavy (non-hydrogen) atoms. The molecule has 0 aromatic carbocycles. The lowest BCUT2D eigenvalue weighted by atomic mass is 10.1. The molecule has 1 rings (SSSR count). The Bertz CT molecular complexity index is 210. The minimum absolute atomic E-state index is 0.552. The Labute approximate surface area is 108 Å². The van der Waals surface area contributed by atoms with Gasteiger partial charge in [0.25, 0.3) is 0 Å². The van der Waals surface area contributed by atoms with Crippen LogP contribution in [0.15, 0.2) is 12.2 Å². The number of nitrogens with one attached hydrogen (secondary N) is 1. The third kappa shape index (κ3) is 6.88. The standard InChI is InChI=1S/C16H31N/c1-4-5-6-7-8-9-10-15(3)17-16-12-11-14(2)13-16/h9-10,14-17H,4-8,11-13H2,1-3H3/b10-9+/t14-,15?,16+/m0/s1. The normalized spacial score (nSPS) is 26.8. The van der Waals surface area contributed by atoms with Gasteiger partial charge in [0.2, 0.25) is 0 Å². The molecule has 1 fully saturated rings. The van der Waals surface area contributed by atoms with E-state index in [0.717, 1.165) is 12.0 Å². The average Bonchev–Trinajstić information content (AvgIpc) is 2.69. The van der Waals surface area contributed by atoms with Crippen LogP contribution in [0, 0.1) is 5.92 Å². The molecule has 0 aromatic heterocycles. The van der Waals surface area contributed by atoms with Crippen molar-refractivity contribution in [2.45, 2.75) is 84.2 Å². The van der Waals surface area contributed by atoms with Crippen molar-refractivity contribution in [3.8, 4) is 0 Å². The zero-order valence-electron chi connectivity index (χ0n) is 12.0. The Morgan fingerprint density at radius 3 is 2.71 bits per heavy atom. The summed E-state index contributed by atoms with van der Waals surface area (Å²) < 4.78 is 0. The summed E-state index contributed by atoms with van der Waals surface area (Å²) in [7, 11) is 0. The van der Waals surface area contributed by atoms with Crippen LogP contribution in [-0.2, 0) is 0 Å². The van der Waals surface area contributed by atoms with E-state index in [1.165, 1.54) is 51.4 Å². The summed E-state index contributed by atoms with van der Waals surface area (Å²) in [5.74, 6) is 0.928. The third-order valence-corrected chi connectivity index (χ3v) is 3.84. The maximum atomic E-state index is 3.72. The predicted molar refractivity (Wildman–Crippen MR) is 77.3 cm³/mol. The van der Waals surface area contributed by atoms with Gasteiger partial charge in [0, 0.05) is 12.1 Å². The topological polar surface area (TPSA) is 12.0 Å². The van der Waals surface area contributed by atoms with E-state index in [9.17, 15) is 0 Å². The second-order valence-corrected chi connectivity index (χ2v) is 5.85. The number of hydrogen-bond acceptors (Lipinski definition) is 1. The maximum absolute atomic E-state index is 3.72. The second kappa shape index (κ2) is 8.74. The van der Waals surface area contributed by atoms with Crippen LogP contribution in [0.3, 0.4) is 0 Å². The molecule has 1 unspecified atom stereocenters. The van der Waals surface area contributed by atoms with Gasteiger partial charge < -0.3 is 5.32 Å².